The second kappa shape index (κ2) is 5.95. The zero-order valence-corrected chi connectivity index (χ0v) is 11.1. The molecule has 0 bridgehead atoms. The molecule has 1 aromatic rings. The molecule has 0 saturated heterocycles. The van der Waals surface area contributed by atoms with E-state index in [9.17, 15) is 4.79 Å². The smallest absolute Gasteiger partial charge is 0.221 e. The topological polar surface area (TPSA) is 71.8 Å². The number of amides is 1. The first-order chi connectivity index (χ1) is 8.72. The van der Waals surface area contributed by atoms with Crippen LogP contribution in [0.4, 0.5) is 0 Å². The number of carbonyl (C=O) groups excluding carboxylic acids is 1. The number of hydrogen-bond acceptors (Lipinski definition) is 4. The quantitative estimate of drug-likeness (QED) is 0.718. The Kier molecular flexibility index (Phi) is 4.30. The van der Waals surface area contributed by atoms with Gasteiger partial charge in [0.25, 0.3) is 0 Å². The van der Waals surface area contributed by atoms with Gasteiger partial charge in [0.1, 0.15) is 5.82 Å². The van der Waals surface area contributed by atoms with Crippen molar-refractivity contribution in [1.29, 1.82) is 0 Å². The maximum absolute atomic E-state index is 11.7. The number of hydrogen-bond donors (Lipinski definition) is 2. The van der Waals surface area contributed by atoms with Crippen LogP contribution in [0, 0.1) is 0 Å². The Morgan fingerprint density at radius 1 is 1.50 bits per heavy atom. The highest BCUT2D eigenvalue weighted by Crippen LogP contribution is 2.18. The summed E-state index contributed by atoms with van der Waals surface area (Å²) in [4.78, 5) is 11.7. The second-order valence-electron chi connectivity index (χ2n) is 4.62. The van der Waals surface area contributed by atoms with Gasteiger partial charge in [-0.2, -0.15) is 0 Å². The molecule has 2 heterocycles. The van der Waals surface area contributed by atoms with Crippen LogP contribution < -0.4 is 10.6 Å². The number of rotatable bonds is 6. The molecule has 1 amide bonds. The molecule has 0 radical (unpaired) electrons. The van der Waals surface area contributed by atoms with Crippen LogP contribution in [0.25, 0.3) is 0 Å². The zero-order valence-electron chi connectivity index (χ0n) is 11.1. The summed E-state index contributed by atoms with van der Waals surface area (Å²) in [5.41, 5.74) is 0. The Morgan fingerprint density at radius 2 is 2.33 bits per heavy atom. The Labute approximate surface area is 107 Å². The zero-order chi connectivity index (χ0) is 13.0. The Bertz CT molecular complexity index is 415. The van der Waals surface area contributed by atoms with Crippen LogP contribution in [-0.2, 0) is 17.8 Å². The lowest BCUT2D eigenvalue weighted by molar-refractivity contribution is -0.121. The number of nitrogens with zero attached hydrogens (tertiary/aromatic N) is 3. The number of fused-ring (bicyclic) bond motifs is 1. The van der Waals surface area contributed by atoms with E-state index in [-0.39, 0.29) is 11.9 Å². The summed E-state index contributed by atoms with van der Waals surface area (Å²) in [7, 11) is 0. The predicted molar refractivity (Wildman–Crippen MR) is 68.1 cm³/mol. The predicted octanol–water partition coefficient (Wildman–Crippen LogP) is 0.401. The van der Waals surface area contributed by atoms with Gasteiger partial charge >= 0.3 is 0 Å². The van der Waals surface area contributed by atoms with Crippen molar-refractivity contribution in [1.82, 2.24) is 25.4 Å². The Hall–Kier alpha value is -1.43. The van der Waals surface area contributed by atoms with Gasteiger partial charge in [-0.25, -0.2) is 0 Å². The van der Waals surface area contributed by atoms with E-state index in [1.807, 2.05) is 13.8 Å². The van der Waals surface area contributed by atoms with Gasteiger partial charge in [-0.3, -0.25) is 4.79 Å². The molecule has 1 aromatic heterocycles. The van der Waals surface area contributed by atoms with Crippen LogP contribution in [0.5, 0.6) is 0 Å². The minimum Gasteiger partial charge on any atom is -0.346 e. The number of aromatic nitrogens is 3. The number of carbonyl (C=O) groups is 1. The van der Waals surface area contributed by atoms with E-state index < -0.39 is 0 Å². The van der Waals surface area contributed by atoms with Crippen molar-refractivity contribution in [3.05, 3.63) is 11.6 Å². The van der Waals surface area contributed by atoms with Gasteiger partial charge in [-0.1, -0.05) is 6.92 Å². The highest BCUT2D eigenvalue weighted by molar-refractivity contribution is 5.76. The molecular weight excluding hydrogens is 230 g/mol. The van der Waals surface area contributed by atoms with Crippen molar-refractivity contribution in [3.63, 3.8) is 0 Å². The van der Waals surface area contributed by atoms with Gasteiger partial charge in [0, 0.05) is 25.9 Å². The first-order valence-corrected chi connectivity index (χ1v) is 6.64. The van der Waals surface area contributed by atoms with Crippen LogP contribution in [0.1, 0.15) is 44.4 Å². The largest absolute Gasteiger partial charge is 0.346 e. The normalized spacial score (nSPS) is 15.4. The minimum absolute atomic E-state index is 0.0544. The van der Waals surface area contributed by atoms with Crippen molar-refractivity contribution in [2.75, 3.05) is 13.1 Å². The molecule has 0 aliphatic carbocycles. The molecule has 18 heavy (non-hydrogen) atoms. The van der Waals surface area contributed by atoms with Gasteiger partial charge < -0.3 is 15.2 Å². The fourth-order valence-electron chi connectivity index (χ4n) is 2.25. The Balaban J connectivity index is 1.87. The average Bonchev–Trinajstić information content (AvgIpc) is 2.90. The van der Waals surface area contributed by atoms with Crippen molar-refractivity contribution in [2.45, 2.75) is 45.7 Å². The molecule has 0 aromatic carbocycles. The summed E-state index contributed by atoms with van der Waals surface area (Å²) in [5.74, 6) is 1.97. The van der Waals surface area contributed by atoms with Crippen molar-refractivity contribution in [2.24, 2.45) is 0 Å². The average molecular weight is 251 g/mol. The third-order valence-corrected chi connectivity index (χ3v) is 3.18. The van der Waals surface area contributed by atoms with Gasteiger partial charge in [-0.15, -0.1) is 10.2 Å². The maximum atomic E-state index is 11.7. The molecule has 2 N–H and O–H groups in total. The van der Waals surface area contributed by atoms with E-state index in [1.54, 1.807) is 0 Å². The molecule has 6 nitrogen and oxygen atoms in total. The summed E-state index contributed by atoms with van der Waals surface area (Å²) >= 11 is 0. The fraction of sp³-hybridized carbons (Fsp3) is 0.750. The van der Waals surface area contributed by atoms with E-state index in [4.69, 9.17) is 0 Å². The lowest BCUT2D eigenvalue weighted by atomic mass is 10.3. The summed E-state index contributed by atoms with van der Waals surface area (Å²) in [5, 5.41) is 14.4. The Morgan fingerprint density at radius 3 is 3.11 bits per heavy atom. The molecule has 2 rings (SSSR count). The van der Waals surface area contributed by atoms with Crippen molar-refractivity contribution < 1.29 is 4.79 Å². The lowest BCUT2D eigenvalue weighted by Crippen LogP contribution is -2.31. The molecule has 100 valence electrons. The number of aryl methyl sites for hydroxylation is 1. The maximum Gasteiger partial charge on any atom is 0.221 e. The van der Waals surface area contributed by atoms with Crippen LogP contribution in [0.2, 0.25) is 0 Å². The van der Waals surface area contributed by atoms with E-state index in [1.165, 1.54) is 0 Å². The second-order valence-corrected chi connectivity index (χ2v) is 4.62. The molecule has 1 atom stereocenters. The molecule has 6 heteroatoms. The van der Waals surface area contributed by atoms with Gasteiger partial charge in [0.05, 0.1) is 6.04 Å². The summed E-state index contributed by atoms with van der Waals surface area (Å²) in [6.45, 7) is 6.56. The third kappa shape index (κ3) is 2.87. The fourth-order valence-corrected chi connectivity index (χ4v) is 2.25. The molecule has 0 saturated carbocycles. The van der Waals surface area contributed by atoms with E-state index in [0.717, 1.165) is 37.6 Å². The van der Waals surface area contributed by atoms with Crippen molar-refractivity contribution in [3.8, 4) is 0 Å². The standard InChI is InChI=1S/C12H21N5O/c1-3-13-7-6-11(18)14-9(2)12-16-15-10-5-4-8-17(10)12/h9,13H,3-8H2,1-2H3,(H,14,18). The molecular formula is C12H21N5O. The third-order valence-electron chi connectivity index (χ3n) is 3.18. The molecule has 0 fully saturated rings. The SMILES string of the molecule is CCNCCC(=O)NC(C)c1nnc2n1CCC2. The van der Waals surface area contributed by atoms with Crippen molar-refractivity contribution >= 4 is 5.91 Å². The van der Waals surface area contributed by atoms with Crippen LogP contribution >= 0.6 is 0 Å². The van der Waals surface area contributed by atoms with E-state index in [0.29, 0.717) is 13.0 Å². The lowest BCUT2D eigenvalue weighted by Gasteiger charge is -2.13. The number of nitrogens with one attached hydrogen (secondary N) is 2. The van der Waals surface area contributed by atoms with Gasteiger partial charge in [0.2, 0.25) is 5.91 Å². The molecule has 1 aliphatic rings. The highest BCUT2D eigenvalue weighted by atomic mass is 16.1. The summed E-state index contributed by atoms with van der Waals surface area (Å²) in [6, 6.07) is -0.0709. The van der Waals surface area contributed by atoms with E-state index >= 15 is 0 Å². The molecule has 1 unspecified atom stereocenters. The van der Waals surface area contributed by atoms with E-state index in [2.05, 4.69) is 25.4 Å². The first-order valence-electron chi connectivity index (χ1n) is 6.64. The van der Waals surface area contributed by atoms with Crippen LogP contribution in [0.15, 0.2) is 0 Å². The minimum atomic E-state index is -0.0709. The van der Waals surface area contributed by atoms with Gasteiger partial charge in [-0.05, 0) is 19.9 Å². The molecule has 0 spiro atoms. The highest BCUT2D eigenvalue weighted by Gasteiger charge is 2.21. The van der Waals surface area contributed by atoms with Crippen LogP contribution in [0.3, 0.4) is 0 Å². The monoisotopic (exact) mass is 251 g/mol. The molecule has 1 aliphatic heterocycles. The summed E-state index contributed by atoms with van der Waals surface area (Å²) < 4.78 is 2.12. The van der Waals surface area contributed by atoms with Gasteiger partial charge in [0.15, 0.2) is 5.82 Å². The van der Waals surface area contributed by atoms with Crippen LogP contribution in [-0.4, -0.2) is 33.8 Å². The summed E-state index contributed by atoms with van der Waals surface area (Å²) in [6.07, 6.45) is 2.62. The first kappa shape index (κ1) is 13.0.